The molecule has 0 aliphatic carbocycles. The second kappa shape index (κ2) is 7.43. The van der Waals surface area contributed by atoms with Gasteiger partial charge in [0.1, 0.15) is 17.1 Å². The third kappa shape index (κ3) is 3.77. The number of pyridine rings is 1. The maximum atomic E-state index is 14.3. The van der Waals surface area contributed by atoms with Gasteiger partial charge in [-0.3, -0.25) is 4.79 Å². The van der Waals surface area contributed by atoms with Gasteiger partial charge in [0.15, 0.2) is 5.58 Å². The number of aromatic nitrogens is 1. The van der Waals surface area contributed by atoms with Crippen molar-refractivity contribution < 1.29 is 18.7 Å². The van der Waals surface area contributed by atoms with Gasteiger partial charge in [-0.15, -0.1) is 0 Å². The number of rotatable bonds is 5. The van der Waals surface area contributed by atoms with Crippen LogP contribution in [-0.4, -0.2) is 34.6 Å². The van der Waals surface area contributed by atoms with E-state index in [2.05, 4.69) is 0 Å². The molecular weight excluding hydrogens is 466 g/mol. The predicted molar refractivity (Wildman–Crippen MR) is 108 cm³/mol. The van der Waals surface area contributed by atoms with E-state index in [1.54, 1.807) is 18.2 Å². The Morgan fingerprint density at radius 2 is 2.04 bits per heavy atom. The third-order valence-electron chi connectivity index (χ3n) is 4.30. The van der Waals surface area contributed by atoms with Crippen LogP contribution < -0.4 is 5.56 Å². The number of carbonyl (C=O) groups is 1. The number of hydrogen-bond acceptors (Lipinski definition) is 4. The lowest BCUT2D eigenvalue weighted by atomic mass is 10.0. The lowest BCUT2D eigenvalue weighted by Gasteiger charge is -2.13. The van der Waals surface area contributed by atoms with Gasteiger partial charge in [0, 0.05) is 22.7 Å². The number of carboxylic acid groups (broad SMARTS) is 1. The Bertz CT molecular complexity index is 1100. The highest BCUT2D eigenvalue weighted by Gasteiger charge is 2.24. The average Bonchev–Trinajstić information content (AvgIpc) is 2.96. The molecule has 0 bridgehead atoms. The Balaban J connectivity index is 2.25. The van der Waals surface area contributed by atoms with Crippen LogP contribution in [0.4, 0.5) is 4.39 Å². The quantitative estimate of drug-likeness (QED) is 0.564. The van der Waals surface area contributed by atoms with Crippen LogP contribution in [0.15, 0.2) is 33.5 Å². The fraction of sp³-hybridized carbons (Fsp3) is 0.263. The SMILES string of the molecule is CN(C)Cc1cc2c(=O)n(C)c(Cc3ccc(I)cc3F)c(C(=O)O)c2o1. The van der Waals surface area contributed by atoms with Crippen molar-refractivity contribution in [2.24, 2.45) is 7.05 Å². The zero-order chi connectivity index (χ0) is 19.9. The average molecular weight is 484 g/mol. The molecular formula is C19H18FIN2O4. The number of aromatic carboxylic acids is 1. The van der Waals surface area contributed by atoms with E-state index in [1.807, 2.05) is 41.6 Å². The first-order valence-electron chi connectivity index (χ1n) is 8.15. The van der Waals surface area contributed by atoms with Gasteiger partial charge in [0.2, 0.25) is 0 Å². The molecule has 0 unspecified atom stereocenters. The molecule has 0 aliphatic heterocycles. The number of nitrogens with zero attached hydrogens (tertiary/aromatic N) is 2. The van der Waals surface area contributed by atoms with E-state index >= 15 is 0 Å². The predicted octanol–water partition coefficient (Wildman–Crippen LogP) is 3.23. The van der Waals surface area contributed by atoms with Crippen molar-refractivity contribution in [2.45, 2.75) is 13.0 Å². The highest BCUT2D eigenvalue weighted by atomic mass is 127. The van der Waals surface area contributed by atoms with Gasteiger partial charge in [0.25, 0.3) is 5.56 Å². The first kappa shape index (κ1) is 19.6. The summed E-state index contributed by atoms with van der Waals surface area (Å²) in [6.07, 6.45) is -0.0320. The second-order valence-corrected chi connectivity index (χ2v) is 7.84. The van der Waals surface area contributed by atoms with E-state index in [-0.39, 0.29) is 34.2 Å². The summed E-state index contributed by atoms with van der Waals surface area (Å²) in [4.78, 5) is 26.6. The smallest absolute Gasteiger partial charge is 0.341 e. The minimum atomic E-state index is -1.22. The lowest BCUT2D eigenvalue weighted by molar-refractivity contribution is 0.0695. The van der Waals surface area contributed by atoms with Gasteiger partial charge in [0.05, 0.1) is 11.9 Å². The van der Waals surface area contributed by atoms with E-state index in [4.69, 9.17) is 4.42 Å². The largest absolute Gasteiger partial charge is 0.477 e. The Morgan fingerprint density at radius 1 is 1.33 bits per heavy atom. The zero-order valence-corrected chi connectivity index (χ0v) is 17.2. The summed E-state index contributed by atoms with van der Waals surface area (Å²) in [6.45, 7) is 0.429. The zero-order valence-electron chi connectivity index (χ0n) is 15.0. The molecule has 6 nitrogen and oxygen atoms in total. The number of benzene rings is 1. The van der Waals surface area contributed by atoms with Gasteiger partial charge < -0.3 is 19.0 Å². The Kier molecular flexibility index (Phi) is 5.38. The van der Waals surface area contributed by atoms with Crippen LogP contribution in [0.1, 0.15) is 27.4 Å². The molecule has 0 saturated carbocycles. The normalized spacial score (nSPS) is 11.5. The molecule has 3 rings (SSSR count). The molecule has 0 atom stereocenters. The first-order valence-corrected chi connectivity index (χ1v) is 9.23. The fourth-order valence-electron chi connectivity index (χ4n) is 3.05. The Labute approximate surface area is 168 Å². The van der Waals surface area contributed by atoms with E-state index in [9.17, 15) is 19.1 Å². The molecule has 8 heteroatoms. The van der Waals surface area contributed by atoms with E-state index < -0.39 is 11.8 Å². The van der Waals surface area contributed by atoms with Crippen LogP contribution in [0.5, 0.6) is 0 Å². The number of hydrogen-bond donors (Lipinski definition) is 1. The molecule has 2 aromatic heterocycles. The molecule has 27 heavy (non-hydrogen) atoms. The van der Waals surface area contributed by atoms with Crippen molar-refractivity contribution in [1.29, 1.82) is 0 Å². The van der Waals surface area contributed by atoms with Crippen LogP contribution in [-0.2, 0) is 20.0 Å². The maximum absolute atomic E-state index is 14.3. The Hall–Kier alpha value is -2.20. The molecule has 0 aliphatic rings. The molecule has 1 N–H and O–H groups in total. The van der Waals surface area contributed by atoms with Gasteiger partial charge in [-0.1, -0.05) is 6.07 Å². The minimum absolute atomic E-state index is 0.0309. The van der Waals surface area contributed by atoms with Crippen LogP contribution >= 0.6 is 22.6 Å². The van der Waals surface area contributed by atoms with Crippen molar-refractivity contribution in [2.75, 3.05) is 14.1 Å². The monoisotopic (exact) mass is 484 g/mol. The highest BCUT2D eigenvalue weighted by Crippen LogP contribution is 2.26. The molecule has 0 fully saturated rings. The summed E-state index contributed by atoms with van der Waals surface area (Å²) in [5.41, 5.74) is 0.0568. The number of carboxylic acids is 1. The molecule has 1 aromatic carbocycles. The van der Waals surface area contributed by atoms with Gasteiger partial charge >= 0.3 is 5.97 Å². The molecule has 0 radical (unpaired) electrons. The van der Waals surface area contributed by atoms with Crippen LogP contribution in [0.2, 0.25) is 0 Å². The number of furan rings is 1. The molecule has 2 heterocycles. The molecule has 0 amide bonds. The summed E-state index contributed by atoms with van der Waals surface area (Å²) in [6, 6.07) is 6.27. The van der Waals surface area contributed by atoms with Crippen molar-refractivity contribution in [3.05, 3.63) is 66.6 Å². The van der Waals surface area contributed by atoms with Crippen LogP contribution in [0.3, 0.4) is 0 Å². The van der Waals surface area contributed by atoms with Gasteiger partial charge in [-0.2, -0.15) is 0 Å². The van der Waals surface area contributed by atoms with E-state index in [1.165, 1.54) is 17.7 Å². The summed E-state index contributed by atoms with van der Waals surface area (Å²) < 4.78 is 22.0. The van der Waals surface area contributed by atoms with Crippen molar-refractivity contribution in [3.63, 3.8) is 0 Å². The van der Waals surface area contributed by atoms with E-state index in [0.29, 0.717) is 17.9 Å². The lowest BCUT2D eigenvalue weighted by Crippen LogP contribution is -2.24. The highest BCUT2D eigenvalue weighted by molar-refractivity contribution is 14.1. The summed E-state index contributed by atoms with van der Waals surface area (Å²) >= 11 is 2.00. The van der Waals surface area contributed by atoms with Crippen molar-refractivity contribution in [3.8, 4) is 0 Å². The minimum Gasteiger partial charge on any atom is -0.477 e. The van der Waals surface area contributed by atoms with E-state index in [0.717, 1.165) is 3.57 Å². The molecule has 0 spiro atoms. The second-order valence-electron chi connectivity index (χ2n) is 6.60. The molecule has 142 valence electrons. The van der Waals surface area contributed by atoms with Crippen molar-refractivity contribution in [1.82, 2.24) is 9.47 Å². The summed E-state index contributed by atoms with van der Waals surface area (Å²) in [5, 5.41) is 9.99. The fourth-order valence-corrected chi connectivity index (χ4v) is 3.50. The standard InChI is InChI=1S/C19H18FIN2O4/c1-22(2)9-12-8-13-17(27-12)16(19(25)26)15(23(3)18(13)24)6-10-4-5-11(21)7-14(10)20/h4-5,7-8H,6,9H2,1-3H3,(H,25,26). The topological polar surface area (TPSA) is 75.7 Å². The molecule has 3 aromatic rings. The van der Waals surface area contributed by atoms with Crippen LogP contribution in [0.25, 0.3) is 11.0 Å². The Morgan fingerprint density at radius 3 is 2.63 bits per heavy atom. The molecule has 0 saturated heterocycles. The summed E-state index contributed by atoms with van der Waals surface area (Å²) in [5.74, 6) is -1.17. The van der Waals surface area contributed by atoms with Crippen LogP contribution in [0, 0.1) is 9.39 Å². The third-order valence-corrected chi connectivity index (χ3v) is 4.97. The van der Waals surface area contributed by atoms with Gasteiger partial charge in [-0.05, 0) is 60.4 Å². The maximum Gasteiger partial charge on any atom is 0.341 e. The number of fused-ring (bicyclic) bond motifs is 1. The van der Waals surface area contributed by atoms with Gasteiger partial charge in [-0.25, -0.2) is 9.18 Å². The van der Waals surface area contributed by atoms with Crippen molar-refractivity contribution >= 4 is 39.5 Å². The summed E-state index contributed by atoms with van der Waals surface area (Å²) in [7, 11) is 5.18. The number of halogens is 2. The first-order chi connectivity index (χ1) is 12.7.